The highest BCUT2D eigenvalue weighted by molar-refractivity contribution is 5.96. The molecule has 0 bridgehead atoms. The highest BCUT2D eigenvalue weighted by Gasteiger charge is 2.10. The van der Waals surface area contributed by atoms with Crippen LogP contribution >= 0.6 is 0 Å². The molecule has 0 unspecified atom stereocenters. The lowest BCUT2D eigenvalue weighted by Crippen LogP contribution is -2.27. The molecule has 104 valence electrons. The molecule has 2 rings (SSSR count). The van der Waals surface area contributed by atoms with Gasteiger partial charge >= 0.3 is 0 Å². The molecule has 0 aliphatic heterocycles. The van der Waals surface area contributed by atoms with Crippen molar-refractivity contribution in [1.82, 2.24) is 10.3 Å². The van der Waals surface area contributed by atoms with Crippen molar-refractivity contribution in [3.8, 4) is 0 Å². The van der Waals surface area contributed by atoms with Crippen LogP contribution in [0.15, 0.2) is 36.5 Å². The van der Waals surface area contributed by atoms with Gasteiger partial charge in [0.05, 0.1) is 5.69 Å². The van der Waals surface area contributed by atoms with Crippen LogP contribution < -0.4 is 11.1 Å². The van der Waals surface area contributed by atoms with Gasteiger partial charge in [-0.3, -0.25) is 4.79 Å². The molecule has 1 amide bonds. The summed E-state index contributed by atoms with van der Waals surface area (Å²) in [5.41, 5.74) is 6.51. The first-order chi connectivity index (χ1) is 9.56. The van der Waals surface area contributed by atoms with Crippen LogP contribution in [0.4, 0.5) is 14.5 Å². The molecule has 0 atom stereocenters. The number of rotatable bonds is 4. The molecule has 0 spiro atoms. The quantitative estimate of drug-likeness (QED) is 0.897. The summed E-state index contributed by atoms with van der Waals surface area (Å²) >= 11 is 0. The predicted octanol–water partition coefficient (Wildman–Crippen LogP) is 1.91. The average Bonchev–Trinajstić information content (AvgIpc) is 2.38. The van der Waals surface area contributed by atoms with Gasteiger partial charge in [0.1, 0.15) is 11.6 Å². The van der Waals surface area contributed by atoms with Crippen molar-refractivity contribution >= 4 is 11.6 Å². The number of nitrogens with zero attached hydrogens (tertiary/aromatic N) is 1. The number of carbonyl (C=O) groups is 1. The van der Waals surface area contributed by atoms with E-state index in [1.54, 1.807) is 12.1 Å². The van der Waals surface area contributed by atoms with Crippen LogP contribution in [0.1, 0.15) is 16.1 Å². The number of halogens is 2. The van der Waals surface area contributed by atoms with Gasteiger partial charge in [0.25, 0.3) is 5.91 Å². The number of hydrogen-bond acceptors (Lipinski definition) is 3. The number of aromatic nitrogens is 1. The van der Waals surface area contributed by atoms with Crippen LogP contribution in [0.3, 0.4) is 0 Å². The van der Waals surface area contributed by atoms with E-state index in [-0.39, 0.29) is 17.9 Å². The second-order valence-electron chi connectivity index (χ2n) is 4.22. The summed E-state index contributed by atoms with van der Waals surface area (Å²) in [5, 5.41) is 2.60. The summed E-state index contributed by atoms with van der Waals surface area (Å²) in [6.45, 7) is 0.234. The normalized spacial score (nSPS) is 10.3. The number of nitrogen functional groups attached to an aromatic ring is 1. The Morgan fingerprint density at radius 2 is 1.95 bits per heavy atom. The molecule has 20 heavy (non-hydrogen) atoms. The maximum Gasteiger partial charge on any atom is 0.272 e. The monoisotopic (exact) mass is 277 g/mol. The van der Waals surface area contributed by atoms with Gasteiger partial charge in [-0.25, -0.2) is 13.8 Å². The molecule has 6 heteroatoms. The molecule has 0 saturated carbocycles. The first kappa shape index (κ1) is 13.9. The van der Waals surface area contributed by atoms with Gasteiger partial charge in [-0.1, -0.05) is 0 Å². The van der Waals surface area contributed by atoms with E-state index < -0.39 is 17.5 Å². The summed E-state index contributed by atoms with van der Waals surface area (Å²) < 4.78 is 26.0. The van der Waals surface area contributed by atoms with E-state index in [9.17, 15) is 13.6 Å². The van der Waals surface area contributed by atoms with Crippen LogP contribution in [-0.4, -0.2) is 17.4 Å². The third kappa shape index (κ3) is 3.50. The fraction of sp³-hybridized carbons (Fsp3) is 0.143. The standard InChI is InChI=1S/C14H13F2N3O/c15-10-6-9(7-11(16)8-10)3-5-19-14(20)13-12(17)2-1-4-18-13/h1-2,4,6-8H,3,5,17H2,(H,19,20). The Hall–Kier alpha value is -2.50. The van der Waals surface area contributed by atoms with Crippen LogP contribution in [-0.2, 0) is 6.42 Å². The van der Waals surface area contributed by atoms with Crippen LogP contribution in [0.5, 0.6) is 0 Å². The summed E-state index contributed by atoms with van der Waals surface area (Å²) in [7, 11) is 0. The molecule has 0 aliphatic rings. The highest BCUT2D eigenvalue weighted by Crippen LogP contribution is 2.09. The molecule has 3 N–H and O–H groups in total. The summed E-state index contributed by atoms with van der Waals surface area (Å²) in [4.78, 5) is 15.7. The largest absolute Gasteiger partial charge is 0.397 e. The van der Waals surface area contributed by atoms with Crippen molar-refractivity contribution in [2.75, 3.05) is 12.3 Å². The molecule has 4 nitrogen and oxygen atoms in total. The smallest absolute Gasteiger partial charge is 0.272 e. The number of hydrogen-bond donors (Lipinski definition) is 2. The van der Waals surface area contributed by atoms with Crippen molar-refractivity contribution in [3.05, 3.63) is 59.4 Å². The van der Waals surface area contributed by atoms with E-state index in [4.69, 9.17) is 5.73 Å². The van der Waals surface area contributed by atoms with Crippen molar-refractivity contribution in [2.45, 2.75) is 6.42 Å². The van der Waals surface area contributed by atoms with Crippen LogP contribution in [0, 0.1) is 11.6 Å². The van der Waals surface area contributed by atoms with Crippen molar-refractivity contribution in [1.29, 1.82) is 0 Å². The fourth-order valence-corrected chi connectivity index (χ4v) is 1.77. The Morgan fingerprint density at radius 3 is 2.60 bits per heavy atom. The molecular weight excluding hydrogens is 264 g/mol. The molecule has 0 aliphatic carbocycles. The summed E-state index contributed by atoms with van der Waals surface area (Å²) in [5.74, 6) is -1.69. The number of pyridine rings is 1. The van der Waals surface area contributed by atoms with E-state index >= 15 is 0 Å². The second kappa shape index (κ2) is 6.10. The third-order valence-electron chi connectivity index (χ3n) is 2.68. The van der Waals surface area contributed by atoms with E-state index in [0.717, 1.165) is 6.07 Å². The molecule has 0 fully saturated rings. The van der Waals surface area contributed by atoms with Gasteiger partial charge in [0.15, 0.2) is 5.69 Å². The third-order valence-corrected chi connectivity index (χ3v) is 2.68. The Kier molecular flexibility index (Phi) is 4.24. The molecule has 0 saturated heterocycles. The van der Waals surface area contributed by atoms with Gasteiger partial charge < -0.3 is 11.1 Å². The highest BCUT2D eigenvalue weighted by atomic mass is 19.1. The average molecular weight is 277 g/mol. The van der Waals surface area contributed by atoms with Crippen LogP contribution in [0.2, 0.25) is 0 Å². The second-order valence-corrected chi connectivity index (χ2v) is 4.22. The SMILES string of the molecule is Nc1cccnc1C(=O)NCCc1cc(F)cc(F)c1. The zero-order valence-corrected chi connectivity index (χ0v) is 10.6. The van der Waals surface area contributed by atoms with Gasteiger partial charge in [0.2, 0.25) is 0 Å². The van der Waals surface area contributed by atoms with Gasteiger partial charge in [-0.05, 0) is 36.2 Å². The Bertz CT molecular complexity index is 611. The van der Waals surface area contributed by atoms with Gasteiger partial charge in [-0.2, -0.15) is 0 Å². The number of nitrogens with two attached hydrogens (primary N) is 1. The van der Waals surface area contributed by atoms with Crippen molar-refractivity contribution in [2.24, 2.45) is 0 Å². The molecule has 2 aromatic rings. The molecule has 1 heterocycles. The number of carbonyl (C=O) groups excluding carboxylic acids is 1. The van der Waals surface area contributed by atoms with Gasteiger partial charge in [0, 0.05) is 18.8 Å². The molecular formula is C14H13F2N3O. The Labute approximate surface area is 114 Å². The number of nitrogens with one attached hydrogen (secondary N) is 1. The minimum Gasteiger partial charge on any atom is -0.397 e. The number of amides is 1. The van der Waals surface area contributed by atoms with Crippen molar-refractivity contribution < 1.29 is 13.6 Å². The zero-order valence-electron chi connectivity index (χ0n) is 10.6. The Morgan fingerprint density at radius 1 is 1.25 bits per heavy atom. The van der Waals surface area contributed by atoms with Crippen molar-refractivity contribution in [3.63, 3.8) is 0 Å². The lowest BCUT2D eigenvalue weighted by Gasteiger charge is -2.06. The minimum absolute atomic E-state index is 0.137. The van der Waals surface area contributed by atoms with Crippen LogP contribution in [0.25, 0.3) is 0 Å². The first-order valence-electron chi connectivity index (χ1n) is 6.00. The van der Waals surface area contributed by atoms with E-state index in [1.165, 1.54) is 18.3 Å². The molecule has 0 radical (unpaired) electrons. The van der Waals surface area contributed by atoms with E-state index in [0.29, 0.717) is 12.0 Å². The fourth-order valence-electron chi connectivity index (χ4n) is 1.77. The lowest BCUT2D eigenvalue weighted by molar-refractivity contribution is 0.0950. The summed E-state index contributed by atoms with van der Waals surface area (Å²) in [6.07, 6.45) is 1.78. The Balaban J connectivity index is 1.93. The van der Waals surface area contributed by atoms with E-state index in [2.05, 4.69) is 10.3 Å². The number of benzene rings is 1. The predicted molar refractivity (Wildman–Crippen MR) is 71.0 cm³/mol. The maximum absolute atomic E-state index is 13.0. The first-order valence-corrected chi connectivity index (χ1v) is 6.00. The zero-order chi connectivity index (χ0) is 14.5. The van der Waals surface area contributed by atoms with E-state index in [1.807, 2.05) is 0 Å². The minimum atomic E-state index is -0.639. The molecule has 1 aromatic carbocycles. The molecule has 1 aromatic heterocycles. The topological polar surface area (TPSA) is 68.0 Å². The summed E-state index contributed by atoms with van der Waals surface area (Å²) in [6, 6.07) is 6.46. The van der Waals surface area contributed by atoms with Gasteiger partial charge in [-0.15, -0.1) is 0 Å². The maximum atomic E-state index is 13.0. The lowest BCUT2D eigenvalue weighted by atomic mass is 10.1. The number of anilines is 1.